The second-order valence-corrected chi connectivity index (χ2v) is 8.91. The molecule has 7 nitrogen and oxygen atoms in total. The zero-order valence-corrected chi connectivity index (χ0v) is 17.2. The van der Waals surface area contributed by atoms with Crippen LogP contribution in [0.3, 0.4) is 0 Å². The standard InChI is InChI=1S/C18H32F2N2O5S/c1-8(2)12(16-14(24)13(23)15(25)18(27-16)28-3)22-17(26)10-6-9(4-5-21-10)7-11(19)20/h8-16,18,21,23-25H,4-7H2,1-3H3,(H,22,26). The minimum Gasteiger partial charge on any atom is -0.388 e. The molecule has 2 fully saturated rings. The number of aliphatic hydroxyl groups excluding tert-OH is 3. The van der Waals surface area contributed by atoms with Crippen LogP contribution in [0.4, 0.5) is 8.78 Å². The van der Waals surface area contributed by atoms with Crippen molar-refractivity contribution in [1.82, 2.24) is 10.6 Å². The lowest BCUT2D eigenvalue weighted by Crippen LogP contribution is -2.65. The van der Waals surface area contributed by atoms with Gasteiger partial charge in [-0.05, 0) is 37.5 Å². The second kappa shape index (κ2) is 10.5. The molecule has 2 aliphatic rings. The molecule has 5 N–H and O–H groups in total. The van der Waals surface area contributed by atoms with E-state index in [1.807, 2.05) is 13.8 Å². The van der Waals surface area contributed by atoms with Crippen molar-refractivity contribution in [2.75, 3.05) is 12.8 Å². The third-order valence-electron chi connectivity index (χ3n) is 5.56. The average Bonchev–Trinajstić information content (AvgIpc) is 2.64. The van der Waals surface area contributed by atoms with E-state index < -0.39 is 48.4 Å². The molecule has 2 heterocycles. The number of ether oxygens (including phenoxy) is 1. The summed E-state index contributed by atoms with van der Waals surface area (Å²) < 4.78 is 31.1. The van der Waals surface area contributed by atoms with Crippen molar-refractivity contribution in [1.29, 1.82) is 0 Å². The van der Waals surface area contributed by atoms with Gasteiger partial charge in [-0.3, -0.25) is 4.79 Å². The fourth-order valence-electron chi connectivity index (χ4n) is 3.92. The van der Waals surface area contributed by atoms with Crippen LogP contribution in [-0.4, -0.2) is 82.4 Å². The van der Waals surface area contributed by atoms with Crippen LogP contribution in [0.2, 0.25) is 0 Å². The van der Waals surface area contributed by atoms with Gasteiger partial charge in [-0.15, -0.1) is 11.8 Å². The Bertz CT molecular complexity index is 514. The van der Waals surface area contributed by atoms with Crippen molar-refractivity contribution in [3.63, 3.8) is 0 Å². The van der Waals surface area contributed by atoms with E-state index in [0.29, 0.717) is 19.4 Å². The van der Waals surface area contributed by atoms with E-state index in [4.69, 9.17) is 4.74 Å². The molecule has 0 aromatic carbocycles. The molecular formula is C18H32F2N2O5S. The van der Waals surface area contributed by atoms with Crippen LogP contribution in [0.15, 0.2) is 0 Å². The molecule has 0 aromatic rings. The number of nitrogens with one attached hydrogen (secondary N) is 2. The molecule has 10 heteroatoms. The van der Waals surface area contributed by atoms with E-state index in [1.54, 1.807) is 6.26 Å². The number of aliphatic hydroxyl groups is 3. The fourth-order valence-corrected chi connectivity index (χ4v) is 4.60. The van der Waals surface area contributed by atoms with Crippen molar-refractivity contribution >= 4 is 17.7 Å². The third-order valence-corrected chi connectivity index (χ3v) is 6.41. The Hall–Kier alpha value is -0.520. The molecule has 0 aromatic heterocycles. The van der Waals surface area contributed by atoms with Gasteiger partial charge in [0.25, 0.3) is 0 Å². The van der Waals surface area contributed by atoms with Crippen molar-refractivity contribution < 1.29 is 33.6 Å². The zero-order valence-electron chi connectivity index (χ0n) is 16.4. The van der Waals surface area contributed by atoms with Gasteiger partial charge in [0.05, 0.1) is 12.1 Å². The second-order valence-electron chi connectivity index (χ2n) is 7.98. The first-order chi connectivity index (χ1) is 13.1. The zero-order chi connectivity index (χ0) is 21.0. The highest BCUT2D eigenvalue weighted by molar-refractivity contribution is 7.99. The Morgan fingerprint density at radius 3 is 2.50 bits per heavy atom. The van der Waals surface area contributed by atoms with E-state index in [-0.39, 0.29) is 24.2 Å². The summed E-state index contributed by atoms with van der Waals surface area (Å²) in [4.78, 5) is 12.8. The SMILES string of the molecule is CSC1OC(C(NC(=O)C2CC(CC(F)F)CCN2)C(C)C)C(O)C(O)C1O. The Kier molecular flexibility index (Phi) is 8.90. The monoisotopic (exact) mass is 426 g/mol. The minimum atomic E-state index is -2.39. The number of piperidine rings is 1. The van der Waals surface area contributed by atoms with Gasteiger partial charge in [0.2, 0.25) is 12.3 Å². The molecular weight excluding hydrogens is 394 g/mol. The van der Waals surface area contributed by atoms with Gasteiger partial charge in [0.1, 0.15) is 29.9 Å². The fraction of sp³-hybridized carbons (Fsp3) is 0.944. The van der Waals surface area contributed by atoms with E-state index in [9.17, 15) is 28.9 Å². The first-order valence-electron chi connectivity index (χ1n) is 9.70. The molecule has 0 bridgehead atoms. The number of thioether (sulfide) groups is 1. The number of rotatable bonds is 7. The van der Waals surface area contributed by atoms with Gasteiger partial charge in [-0.1, -0.05) is 13.8 Å². The van der Waals surface area contributed by atoms with Crippen LogP contribution in [0.25, 0.3) is 0 Å². The average molecular weight is 427 g/mol. The smallest absolute Gasteiger partial charge is 0.238 e. The maximum absolute atomic E-state index is 12.8. The summed E-state index contributed by atoms with van der Waals surface area (Å²) in [7, 11) is 0. The number of alkyl halides is 2. The van der Waals surface area contributed by atoms with E-state index in [2.05, 4.69) is 10.6 Å². The molecule has 28 heavy (non-hydrogen) atoms. The highest BCUT2D eigenvalue weighted by atomic mass is 32.2. The lowest BCUT2D eigenvalue weighted by molar-refractivity contribution is -0.208. The van der Waals surface area contributed by atoms with E-state index in [0.717, 1.165) is 0 Å². The van der Waals surface area contributed by atoms with Crippen LogP contribution in [0, 0.1) is 11.8 Å². The topological polar surface area (TPSA) is 111 Å². The quantitative estimate of drug-likeness (QED) is 0.399. The number of carbonyl (C=O) groups excluding carboxylic acids is 1. The van der Waals surface area contributed by atoms with Crippen LogP contribution in [0.5, 0.6) is 0 Å². The van der Waals surface area contributed by atoms with Crippen LogP contribution in [-0.2, 0) is 9.53 Å². The summed E-state index contributed by atoms with van der Waals surface area (Å²) in [5, 5.41) is 36.5. The molecule has 2 rings (SSSR count). The summed E-state index contributed by atoms with van der Waals surface area (Å²) in [6, 6.07) is -1.21. The highest BCUT2D eigenvalue weighted by Gasteiger charge is 2.47. The predicted molar refractivity (Wildman–Crippen MR) is 102 cm³/mol. The summed E-state index contributed by atoms with van der Waals surface area (Å²) in [5.74, 6) is -0.687. The summed E-state index contributed by atoms with van der Waals surface area (Å²) in [6.07, 6.45) is -4.86. The van der Waals surface area contributed by atoms with E-state index in [1.165, 1.54) is 11.8 Å². The van der Waals surface area contributed by atoms with Crippen LogP contribution in [0.1, 0.15) is 33.1 Å². The van der Waals surface area contributed by atoms with Crippen LogP contribution < -0.4 is 10.6 Å². The Morgan fingerprint density at radius 1 is 1.25 bits per heavy atom. The maximum atomic E-state index is 12.8. The highest BCUT2D eigenvalue weighted by Crippen LogP contribution is 2.30. The van der Waals surface area contributed by atoms with Crippen molar-refractivity contribution in [3.8, 4) is 0 Å². The normalized spacial score (nSPS) is 37.9. The molecule has 0 saturated carbocycles. The van der Waals surface area contributed by atoms with Gasteiger partial charge in [-0.25, -0.2) is 8.78 Å². The summed E-state index contributed by atoms with van der Waals surface area (Å²) >= 11 is 1.21. The molecule has 164 valence electrons. The van der Waals surface area contributed by atoms with Gasteiger partial charge < -0.3 is 30.7 Å². The van der Waals surface area contributed by atoms with Crippen LogP contribution >= 0.6 is 11.8 Å². The number of carbonyl (C=O) groups is 1. The van der Waals surface area contributed by atoms with Gasteiger partial charge in [0.15, 0.2) is 0 Å². The Balaban J connectivity index is 2.06. The lowest BCUT2D eigenvalue weighted by Gasteiger charge is -2.44. The lowest BCUT2D eigenvalue weighted by atomic mass is 9.87. The minimum absolute atomic E-state index is 0.131. The molecule has 1 amide bonds. The third kappa shape index (κ3) is 5.76. The Labute approximate surface area is 168 Å². The van der Waals surface area contributed by atoms with Crippen molar-refractivity contribution in [3.05, 3.63) is 0 Å². The number of hydrogen-bond acceptors (Lipinski definition) is 7. The van der Waals surface area contributed by atoms with Crippen molar-refractivity contribution in [2.45, 2.75) is 81.5 Å². The maximum Gasteiger partial charge on any atom is 0.238 e. The van der Waals surface area contributed by atoms with Gasteiger partial charge in [-0.2, -0.15) is 0 Å². The first-order valence-corrected chi connectivity index (χ1v) is 11.0. The van der Waals surface area contributed by atoms with Gasteiger partial charge in [0, 0.05) is 6.42 Å². The van der Waals surface area contributed by atoms with Gasteiger partial charge >= 0.3 is 0 Å². The first kappa shape index (κ1) is 23.8. The number of amides is 1. The molecule has 0 aliphatic carbocycles. The number of halogens is 2. The largest absolute Gasteiger partial charge is 0.388 e. The molecule has 8 unspecified atom stereocenters. The van der Waals surface area contributed by atoms with E-state index >= 15 is 0 Å². The molecule has 2 saturated heterocycles. The molecule has 2 aliphatic heterocycles. The summed E-state index contributed by atoms with van der Waals surface area (Å²) in [6.45, 7) is 4.19. The predicted octanol–water partition coefficient (Wildman–Crippen LogP) is 0.321. The van der Waals surface area contributed by atoms with Crippen molar-refractivity contribution in [2.24, 2.45) is 11.8 Å². The summed E-state index contributed by atoms with van der Waals surface area (Å²) in [5.41, 5.74) is -0.732. The molecule has 0 spiro atoms. The molecule has 8 atom stereocenters. The Morgan fingerprint density at radius 2 is 1.93 bits per heavy atom. The molecule has 0 radical (unpaired) electrons. The number of hydrogen-bond donors (Lipinski definition) is 5.